The lowest BCUT2D eigenvalue weighted by Crippen LogP contribution is -2.44. The molecular formula is C25H27N5O3. The van der Waals surface area contributed by atoms with E-state index in [1.54, 1.807) is 25.4 Å². The van der Waals surface area contributed by atoms with Gasteiger partial charge in [0.2, 0.25) is 5.95 Å². The number of anilines is 1. The summed E-state index contributed by atoms with van der Waals surface area (Å²) >= 11 is 0. The van der Waals surface area contributed by atoms with Crippen LogP contribution in [0.15, 0.2) is 66.9 Å². The lowest BCUT2D eigenvalue weighted by atomic mass is 10.1. The van der Waals surface area contributed by atoms with Gasteiger partial charge >= 0.3 is 0 Å². The summed E-state index contributed by atoms with van der Waals surface area (Å²) in [6.45, 7) is 2.71. The van der Waals surface area contributed by atoms with Crippen molar-refractivity contribution in [2.45, 2.75) is 19.5 Å². The summed E-state index contributed by atoms with van der Waals surface area (Å²) in [5.41, 5.74) is 2.18. The first-order valence-electron chi connectivity index (χ1n) is 10.6. The van der Waals surface area contributed by atoms with E-state index >= 15 is 0 Å². The van der Waals surface area contributed by atoms with Crippen LogP contribution in [-0.2, 0) is 4.74 Å². The highest BCUT2D eigenvalue weighted by Gasteiger charge is 2.15. The van der Waals surface area contributed by atoms with Crippen molar-refractivity contribution in [1.29, 1.82) is 5.26 Å². The molecular weight excluding hydrogens is 418 g/mol. The van der Waals surface area contributed by atoms with Crippen molar-refractivity contribution >= 4 is 11.9 Å². The van der Waals surface area contributed by atoms with Crippen molar-refractivity contribution in [2.75, 3.05) is 25.6 Å². The van der Waals surface area contributed by atoms with Gasteiger partial charge in [-0.05, 0) is 42.5 Å². The van der Waals surface area contributed by atoms with E-state index in [4.69, 9.17) is 14.7 Å². The topological polar surface area (TPSA) is 109 Å². The van der Waals surface area contributed by atoms with E-state index in [0.29, 0.717) is 24.5 Å². The van der Waals surface area contributed by atoms with Crippen LogP contribution in [0.4, 0.5) is 5.95 Å². The Morgan fingerprint density at radius 3 is 2.55 bits per heavy atom. The average Bonchev–Trinajstić information content (AvgIpc) is 2.84. The summed E-state index contributed by atoms with van der Waals surface area (Å²) in [4.78, 5) is 21.3. The smallest absolute Gasteiger partial charge is 0.252 e. The van der Waals surface area contributed by atoms with Crippen LogP contribution in [0.3, 0.4) is 0 Å². The van der Waals surface area contributed by atoms with Crippen LogP contribution in [0.5, 0.6) is 5.75 Å². The molecule has 0 aliphatic rings. The minimum Gasteiger partial charge on any atom is -0.493 e. The normalized spacial score (nSPS) is 12.3. The zero-order chi connectivity index (χ0) is 23.5. The van der Waals surface area contributed by atoms with Crippen molar-refractivity contribution in [1.82, 2.24) is 15.3 Å². The number of amides is 1. The van der Waals surface area contributed by atoms with E-state index in [2.05, 4.69) is 26.7 Å². The van der Waals surface area contributed by atoms with E-state index in [1.807, 2.05) is 55.5 Å². The number of rotatable bonds is 11. The molecule has 0 aliphatic carbocycles. The standard InChI is InChI=1S/C25H27N5O3/c1-18(12-14-26)16-33-21-10-8-19(9-11-21)22-13-15-27-25(28-22)30-23(17-32-2)29-24(31)20-6-4-3-5-7-20/h3-11,13,15,18,23H,12,16-17H2,1-2H3,(H,29,31)(H,27,28,30). The maximum absolute atomic E-state index is 12.5. The largest absolute Gasteiger partial charge is 0.493 e. The molecule has 0 bridgehead atoms. The quantitative estimate of drug-likeness (QED) is 0.431. The predicted molar refractivity (Wildman–Crippen MR) is 126 cm³/mol. The van der Waals surface area contributed by atoms with Crippen LogP contribution in [0.1, 0.15) is 23.7 Å². The third kappa shape index (κ3) is 7.30. The zero-order valence-corrected chi connectivity index (χ0v) is 18.7. The summed E-state index contributed by atoms with van der Waals surface area (Å²) in [6.07, 6.45) is 1.61. The van der Waals surface area contributed by atoms with Gasteiger partial charge in [-0.1, -0.05) is 25.1 Å². The number of ether oxygens (including phenoxy) is 2. The number of hydrogen-bond donors (Lipinski definition) is 2. The third-order valence-corrected chi connectivity index (χ3v) is 4.76. The van der Waals surface area contributed by atoms with Crippen molar-refractivity contribution in [3.8, 4) is 23.1 Å². The Labute approximate surface area is 193 Å². The van der Waals surface area contributed by atoms with E-state index in [1.165, 1.54) is 0 Å². The first kappa shape index (κ1) is 23.7. The molecule has 2 atom stereocenters. The SMILES string of the molecule is COCC(NC(=O)c1ccccc1)Nc1nccc(-c2ccc(OCC(C)CC#N)cc2)n1. The van der Waals surface area contributed by atoms with Gasteiger partial charge in [0, 0.05) is 36.8 Å². The Bertz CT molecular complexity index is 1070. The minimum absolute atomic E-state index is 0.174. The van der Waals surface area contributed by atoms with Crippen LogP contribution in [-0.4, -0.2) is 42.4 Å². The second-order valence-electron chi connectivity index (χ2n) is 7.56. The van der Waals surface area contributed by atoms with Gasteiger partial charge in [-0.15, -0.1) is 0 Å². The molecule has 3 aromatic rings. The van der Waals surface area contributed by atoms with Gasteiger partial charge in [-0.25, -0.2) is 9.97 Å². The Morgan fingerprint density at radius 1 is 1.09 bits per heavy atom. The summed E-state index contributed by atoms with van der Waals surface area (Å²) < 4.78 is 11.0. The van der Waals surface area contributed by atoms with E-state index < -0.39 is 6.17 Å². The maximum Gasteiger partial charge on any atom is 0.252 e. The lowest BCUT2D eigenvalue weighted by molar-refractivity contribution is 0.0908. The van der Waals surface area contributed by atoms with Crippen LogP contribution < -0.4 is 15.4 Å². The fraction of sp³-hybridized carbons (Fsp3) is 0.280. The number of nitrogens with one attached hydrogen (secondary N) is 2. The molecule has 0 spiro atoms. The Kier molecular flexibility index (Phi) is 8.74. The minimum atomic E-state index is -0.510. The number of hydrogen-bond acceptors (Lipinski definition) is 7. The molecule has 0 fully saturated rings. The molecule has 1 aromatic heterocycles. The van der Waals surface area contributed by atoms with E-state index in [-0.39, 0.29) is 18.4 Å². The highest BCUT2D eigenvalue weighted by Crippen LogP contribution is 2.22. The highest BCUT2D eigenvalue weighted by molar-refractivity contribution is 5.94. The summed E-state index contributed by atoms with van der Waals surface area (Å²) in [5, 5.41) is 14.8. The molecule has 1 heterocycles. The number of aromatic nitrogens is 2. The van der Waals surface area contributed by atoms with E-state index in [9.17, 15) is 4.79 Å². The fourth-order valence-corrected chi connectivity index (χ4v) is 3.04. The Hall–Kier alpha value is -3.96. The summed E-state index contributed by atoms with van der Waals surface area (Å²) in [7, 11) is 1.56. The number of nitriles is 1. The molecule has 33 heavy (non-hydrogen) atoms. The van der Waals surface area contributed by atoms with Gasteiger partial charge in [0.1, 0.15) is 11.9 Å². The van der Waals surface area contributed by atoms with Crippen LogP contribution >= 0.6 is 0 Å². The number of carbonyl (C=O) groups excluding carboxylic acids is 1. The van der Waals surface area contributed by atoms with Crippen LogP contribution in [0, 0.1) is 17.2 Å². The fourth-order valence-electron chi connectivity index (χ4n) is 3.04. The van der Waals surface area contributed by atoms with Gasteiger partial charge in [0.25, 0.3) is 5.91 Å². The molecule has 0 saturated heterocycles. The van der Waals surface area contributed by atoms with Gasteiger partial charge in [-0.3, -0.25) is 4.79 Å². The van der Waals surface area contributed by atoms with Gasteiger partial charge in [0.05, 0.1) is 25.0 Å². The van der Waals surface area contributed by atoms with Crippen molar-refractivity contribution in [3.63, 3.8) is 0 Å². The molecule has 2 unspecified atom stereocenters. The Balaban J connectivity index is 1.65. The molecule has 2 aromatic carbocycles. The number of benzene rings is 2. The van der Waals surface area contributed by atoms with Gasteiger partial charge in [0.15, 0.2) is 0 Å². The average molecular weight is 446 g/mol. The highest BCUT2D eigenvalue weighted by atomic mass is 16.5. The molecule has 1 amide bonds. The molecule has 8 nitrogen and oxygen atoms in total. The molecule has 0 saturated carbocycles. The third-order valence-electron chi connectivity index (χ3n) is 4.76. The van der Waals surface area contributed by atoms with Crippen molar-refractivity contribution in [2.24, 2.45) is 5.92 Å². The first-order chi connectivity index (χ1) is 16.1. The van der Waals surface area contributed by atoms with E-state index in [0.717, 1.165) is 17.0 Å². The molecule has 0 aliphatic heterocycles. The summed E-state index contributed by atoms with van der Waals surface area (Å²) in [6, 6.07) is 20.5. The first-order valence-corrected chi connectivity index (χ1v) is 10.6. The molecule has 0 radical (unpaired) electrons. The number of methoxy groups -OCH3 is 1. The zero-order valence-electron chi connectivity index (χ0n) is 18.7. The second-order valence-corrected chi connectivity index (χ2v) is 7.56. The maximum atomic E-state index is 12.5. The predicted octanol–water partition coefficient (Wildman–Crippen LogP) is 3.89. The van der Waals surface area contributed by atoms with Crippen LogP contribution in [0.25, 0.3) is 11.3 Å². The molecule has 170 valence electrons. The van der Waals surface area contributed by atoms with Crippen molar-refractivity contribution in [3.05, 3.63) is 72.4 Å². The molecule has 2 N–H and O–H groups in total. The molecule has 3 rings (SSSR count). The van der Waals surface area contributed by atoms with Crippen LogP contribution in [0.2, 0.25) is 0 Å². The van der Waals surface area contributed by atoms with Crippen molar-refractivity contribution < 1.29 is 14.3 Å². The second kappa shape index (κ2) is 12.2. The monoisotopic (exact) mass is 445 g/mol. The Morgan fingerprint density at radius 2 is 1.85 bits per heavy atom. The number of nitrogens with zero attached hydrogens (tertiary/aromatic N) is 3. The van der Waals surface area contributed by atoms with Gasteiger partial charge in [-0.2, -0.15) is 5.26 Å². The molecule has 8 heteroatoms. The summed E-state index contributed by atoms with van der Waals surface area (Å²) in [5.74, 6) is 1.06. The lowest BCUT2D eigenvalue weighted by Gasteiger charge is -2.19. The number of carbonyl (C=O) groups is 1. The van der Waals surface area contributed by atoms with Gasteiger partial charge < -0.3 is 20.1 Å².